The highest BCUT2D eigenvalue weighted by Gasteiger charge is 2.36. The van der Waals surface area contributed by atoms with E-state index in [0.717, 1.165) is 10.9 Å². The van der Waals surface area contributed by atoms with Gasteiger partial charge in [-0.25, -0.2) is 9.55 Å². The van der Waals surface area contributed by atoms with E-state index in [1.165, 1.54) is 17.8 Å². The van der Waals surface area contributed by atoms with Crippen LogP contribution in [0.2, 0.25) is 0 Å². The number of aliphatic hydroxyl groups is 1. The first-order chi connectivity index (χ1) is 21.7. The Morgan fingerprint density at radius 2 is 1.91 bits per heavy atom. The van der Waals surface area contributed by atoms with Crippen LogP contribution in [0.15, 0.2) is 95.4 Å². The standard InChI is InChI=1S/C30H29N6O8P/c1-18(29(39)41-15-19-8-3-2-4-9-19)35-45(40,44-23-13-7-11-20-10-5-6-12-21(20)23)42-16-24-22(37)14-25(43-24)36-17-32-26-27(36)33-30(31)34-28(26)38/h2-13,17-18,25,37H,14-16H2,1H3,(H,35,40)(H3,31,33,34,38)/t18-,25?,45?/m0/s1. The number of rotatable bonds is 11. The van der Waals surface area contributed by atoms with Gasteiger partial charge >= 0.3 is 13.7 Å². The van der Waals surface area contributed by atoms with E-state index >= 15 is 0 Å². The highest BCUT2D eigenvalue weighted by molar-refractivity contribution is 7.52. The van der Waals surface area contributed by atoms with Crippen LogP contribution >= 0.6 is 7.75 Å². The van der Waals surface area contributed by atoms with E-state index < -0.39 is 38.2 Å². The molecule has 0 fully saturated rings. The van der Waals surface area contributed by atoms with Crippen molar-refractivity contribution in [2.45, 2.75) is 32.2 Å². The molecule has 2 unspecified atom stereocenters. The monoisotopic (exact) mass is 632 g/mol. The summed E-state index contributed by atoms with van der Waals surface area (Å²) in [5.41, 5.74) is 6.16. The molecule has 0 radical (unpaired) electrons. The molecule has 15 heteroatoms. The average molecular weight is 633 g/mol. The number of hydrogen-bond acceptors (Lipinski definition) is 11. The molecule has 6 rings (SSSR count). The first kappa shape index (κ1) is 29.9. The molecule has 3 aromatic carbocycles. The Labute approximate surface area is 256 Å². The summed E-state index contributed by atoms with van der Waals surface area (Å²) in [6.07, 6.45) is 0.468. The number of aromatic amines is 1. The highest BCUT2D eigenvalue weighted by atomic mass is 31.2. The molecule has 5 aromatic rings. The van der Waals surface area contributed by atoms with Crippen molar-refractivity contribution in [1.29, 1.82) is 0 Å². The number of hydrogen-bond donors (Lipinski definition) is 4. The number of aliphatic hydroxyl groups excluding tert-OH is 1. The summed E-state index contributed by atoms with van der Waals surface area (Å²) >= 11 is 0. The normalized spacial score (nSPS) is 16.8. The quantitative estimate of drug-likeness (QED) is 0.118. The molecule has 1 aliphatic heterocycles. The van der Waals surface area contributed by atoms with E-state index in [0.29, 0.717) is 5.39 Å². The van der Waals surface area contributed by atoms with Gasteiger partial charge in [0, 0.05) is 5.39 Å². The molecule has 3 heterocycles. The van der Waals surface area contributed by atoms with Crippen LogP contribution in [-0.4, -0.2) is 43.2 Å². The van der Waals surface area contributed by atoms with E-state index in [9.17, 15) is 19.3 Å². The van der Waals surface area contributed by atoms with Crippen LogP contribution in [-0.2, 0) is 30.0 Å². The van der Waals surface area contributed by atoms with E-state index in [2.05, 4.69) is 20.0 Å². The lowest BCUT2D eigenvalue weighted by molar-refractivity contribution is -0.146. The van der Waals surface area contributed by atoms with E-state index in [1.54, 1.807) is 18.2 Å². The average Bonchev–Trinajstić information content (AvgIpc) is 3.62. The Morgan fingerprint density at radius 3 is 2.73 bits per heavy atom. The van der Waals surface area contributed by atoms with Crippen LogP contribution in [0.25, 0.3) is 21.9 Å². The molecular weight excluding hydrogens is 603 g/mol. The SMILES string of the molecule is C[C@H](NP(=O)(OCC1=C(O)CC(n2cnc3c(=O)[nH]c(N)nc32)O1)Oc1cccc2ccccc12)C(=O)OCc1ccccc1. The Kier molecular flexibility index (Phi) is 8.26. The minimum absolute atomic E-state index is 0.0202. The van der Waals surface area contributed by atoms with Crippen molar-refractivity contribution in [2.24, 2.45) is 0 Å². The van der Waals surface area contributed by atoms with Gasteiger partial charge in [0.15, 0.2) is 23.2 Å². The molecule has 0 spiro atoms. The molecule has 0 aliphatic carbocycles. The van der Waals surface area contributed by atoms with Crippen molar-refractivity contribution in [2.75, 3.05) is 12.3 Å². The third-order valence-electron chi connectivity index (χ3n) is 6.99. The summed E-state index contributed by atoms with van der Waals surface area (Å²) in [6, 6.07) is 20.6. The molecule has 3 atom stereocenters. The number of anilines is 1. The van der Waals surface area contributed by atoms with Gasteiger partial charge < -0.3 is 24.8 Å². The number of aromatic nitrogens is 4. The largest absolute Gasteiger partial charge is 0.508 e. The predicted octanol–water partition coefficient (Wildman–Crippen LogP) is 4.47. The summed E-state index contributed by atoms with van der Waals surface area (Å²) in [5.74, 6) is -0.774. The van der Waals surface area contributed by atoms with Crippen molar-refractivity contribution in [3.05, 3.63) is 107 Å². The van der Waals surface area contributed by atoms with Crippen molar-refractivity contribution >= 4 is 41.6 Å². The van der Waals surface area contributed by atoms with Crippen molar-refractivity contribution in [1.82, 2.24) is 24.6 Å². The number of carbonyl (C=O) groups is 1. The molecule has 14 nitrogen and oxygen atoms in total. The van der Waals surface area contributed by atoms with Crippen LogP contribution in [0.3, 0.4) is 0 Å². The van der Waals surface area contributed by atoms with Crippen molar-refractivity contribution in [3.63, 3.8) is 0 Å². The molecule has 0 saturated carbocycles. The zero-order valence-corrected chi connectivity index (χ0v) is 24.8. The van der Waals surface area contributed by atoms with E-state index in [-0.39, 0.29) is 47.4 Å². The van der Waals surface area contributed by atoms with Gasteiger partial charge in [-0.2, -0.15) is 10.1 Å². The molecule has 0 bridgehead atoms. The predicted molar refractivity (Wildman–Crippen MR) is 164 cm³/mol. The third kappa shape index (κ3) is 6.53. The fourth-order valence-electron chi connectivity index (χ4n) is 4.76. The van der Waals surface area contributed by atoms with Crippen molar-refractivity contribution in [3.8, 4) is 5.75 Å². The Hall–Kier alpha value is -5.17. The number of carbonyl (C=O) groups excluding carboxylic acids is 1. The first-order valence-electron chi connectivity index (χ1n) is 13.9. The van der Waals surface area contributed by atoms with E-state index in [1.807, 2.05) is 54.6 Å². The minimum Gasteiger partial charge on any atom is -0.508 e. The molecule has 2 aromatic heterocycles. The summed E-state index contributed by atoms with van der Waals surface area (Å²) < 4.78 is 38.7. The number of nitrogens with one attached hydrogen (secondary N) is 2. The lowest BCUT2D eigenvalue weighted by Gasteiger charge is -2.24. The smallest absolute Gasteiger partial charge is 0.459 e. The number of imidazole rings is 1. The lowest BCUT2D eigenvalue weighted by atomic mass is 10.1. The number of nitrogen functional groups attached to an aromatic ring is 1. The van der Waals surface area contributed by atoms with Crippen LogP contribution in [0.5, 0.6) is 5.75 Å². The maximum atomic E-state index is 14.2. The topological polar surface area (TPSA) is 193 Å². The maximum absolute atomic E-state index is 14.2. The summed E-state index contributed by atoms with van der Waals surface area (Å²) in [5, 5.41) is 14.9. The number of H-pyrrole nitrogens is 1. The van der Waals surface area contributed by atoms with Crippen LogP contribution in [0, 0.1) is 0 Å². The fraction of sp³-hybridized carbons (Fsp3) is 0.200. The molecule has 0 amide bonds. The number of nitrogens with zero attached hydrogens (tertiary/aromatic N) is 3. The molecule has 1 aliphatic rings. The van der Waals surface area contributed by atoms with Gasteiger partial charge in [0.25, 0.3) is 5.56 Å². The number of fused-ring (bicyclic) bond motifs is 2. The number of benzene rings is 3. The van der Waals surface area contributed by atoms with Gasteiger partial charge in [-0.1, -0.05) is 66.7 Å². The molecule has 0 saturated heterocycles. The second-order valence-electron chi connectivity index (χ2n) is 10.2. The van der Waals surface area contributed by atoms with Crippen LogP contribution in [0.4, 0.5) is 5.95 Å². The minimum atomic E-state index is -4.33. The van der Waals surface area contributed by atoms with Gasteiger partial charge in [-0.3, -0.25) is 23.7 Å². The maximum Gasteiger partial charge on any atom is 0.459 e. The van der Waals surface area contributed by atoms with Gasteiger partial charge in [-0.15, -0.1) is 0 Å². The van der Waals surface area contributed by atoms with Gasteiger partial charge in [0.05, 0.1) is 6.42 Å². The Balaban J connectivity index is 1.20. The van der Waals surface area contributed by atoms with Crippen LogP contribution in [0.1, 0.15) is 25.1 Å². The van der Waals surface area contributed by atoms with Gasteiger partial charge in [0.2, 0.25) is 5.95 Å². The molecule has 45 heavy (non-hydrogen) atoms. The Bertz CT molecular complexity index is 2010. The van der Waals surface area contributed by atoms with Crippen molar-refractivity contribution < 1.29 is 33.0 Å². The number of nitrogens with two attached hydrogens (primary N) is 1. The van der Waals surface area contributed by atoms with Gasteiger partial charge in [-0.05, 0) is 23.9 Å². The highest BCUT2D eigenvalue weighted by Crippen LogP contribution is 2.48. The number of ether oxygens (including phenoxy) is 2. The van der Waals surface area contributed by atoms with Crippen LogP contribution < -0.4 is 20.9 Å². The summed E-state index contributed by atoms with van der Waals surface area (Å²) in [7, 11) is -4.33. The second kappa shape index (κ2) is 12.4. The van der Waals surface area contributed by atoms with E-state index in [4.69, 9.17) is 24.3 Å². The van der Waals surface area contributed by atoms with Gasteiger partial charge in [0.1, 0.15) is 37.1 Å². The summed E-state index contributed by atoms with van der Waals surface area (Å²) in [6.45, 7) is 0.997. The molecule has 232 valence electrons. The first-order valence-corrected chi connectivity index (χ1v) is 15.4. The third-order valence-corrected chi connectivity index (χ3v) is 8.60. The number of esters is 1. The second-order valence-corrected chi connectivity index (χ2v) is 11.9. The molecular formula is C30H29N6O8P. The fourth-order valence-corrected chi connectivity index (χ4v) is 6.23. The Morgan fingerprint density at radius 1 is 1.16 bits per heavy atom. The molecule has 5 N–H and O–H groups in total. The lowest BCUT2D eigenvalue weighted by Crippen LogP contribution is -2.35. The summed E-state index contributed by atoms with van der Waals surface area (Å²) in [4.78, 5) is 35.6. The zero-order chi connectivity index (χ0) is 31.6. The zero-order valence-electron chi connectivity index (χ0n) is 24.0.